The number of piperidine rings is 1. The van der Waals surface area contributed by atoms with Crippen LogP contribution in [0.15, 0.2) is 12.1 Å². The quantitative estimate of drug-likeness (QED) is 0.679. The Labute approximate surface area is 120 Å². The van der Waals surface area contributed by atoms with Crippen LogP contribution in [0, 0.1) is 6.92 Å². The lowest BCUT2D eigenvalue weighted by molar-refractivity contribution is -0.124. The third-order valence-corrected chi connectivity index (χ3v) is 6.14. The number of hydrogen-bond donors (Lipinski definition) is 3. The van der Waals surface area contributed by atoms with Crippen molar-refractivity contribution in [3.05, 3.63) is 28.8 Å². The summed E-state index contributed by atoms with van der Waals surface area (Å²) in [7, 11) is 0. The molecular weight excluding hydrogens is 250 g/mol. The average Bonchev–Trinajstić information content (AvgIpc) is 2.39. The van der Waals surface area contributed by atoms with Crippen molar-refractivity contribution in [2.24, 2.45) is 0 Å². The van der Waals surface area contributed by atoms with E-state index >= 15 is 0 Å². The van der Waals surface area contributed by atoms with Crippen molar-refractivity contribution in [2.45, 2.75) is 62.5 Å². The van der Waals surface area contributed by atoms with E-state index in [2.05, 4.69) is 12.2 Å². The predicted octanol–water partition coefficient (Wildman–Crippen LogP) is 2.16. The number of aliphatic hydroxyl groups is 1. The lowest BCUT2D eigenvalue weighted by Gasteiger charge is -2.61. The molecule has 0 aromatic heterocycles. The smallest absolute Gasteiger partial charge is 0.116 e. The number of aryl methyl sites for hydroxylation is 1. The van der Waals surface area contributed by atoms with Crippen LogP contribution in [0.25, 0.3) is 0 Å². The number of rotatable bonds is 0. The van der Waals surface area contributed by atoms with E-state index in [-0.39, 0.29) is 11.5 Å². The number of phenols is 1. The first kappa shape index (κ1) is 12.7. The maximum Gasteiger partial charge on any atom is 0.116 e. The molecule has 1 aromatic rings. The molecule has 4 rings (SSSR count). The SMILES string of the molecule is Cc1cc(O)cc2c1CC1NCCC23CCCCC13O. The number of phenolic OH excluding ortho intramolecular Hbond substituents is 1. The van der Waals surface area contributed by atoms with Crippen LogP contribution in [-0.4, -0.2) is 28.4 Å². The lowest BCUT2D eigenvalue weighted by Crippen LogP contribution is -2.71. The first-order valence-corrected chi connectivity index (χ1v) is 7.86. The minimum Gasteiger partial charge on any atom is -0.508 e. The van der Waals surface area contributed by atoms with Crippen molar-refractivity contribution in [3.8, 4) is 5.75 Å². The number of hydrogen-bond acceptors (Lipinski definition) is 3. The van der Waals surface area contributed by atoms with Crippen LogP contribution < -0.4 is 5.32 Å². The van der Waals surface area contributed by atoms with Crippen molar-refractivity contribution in [1.82, 2.24) is 5.32 Å². The van der Waals surface area contributed by atoms with Crippen LogP contribution in [0.5, 0.6) is 5.75 Å². The summed E-state index contributed by atoms with van der Waals surface area (Å²) >= 11 is 0. The fraction of sp³-hybridized carbons (Fsp3) is 0.647. The summed E-state index contributed by atoms with van der Waals surface area (Å²) in [4.78, 5) is 0. The summed E-state index contributed by atoms with van der Waals surface area (Å²) < 4.78 is 0. The molecule has 1 saturated carbocycles. The van der Waals surface area contributed by atoms with Crippen molar-refractivity contribution in [3.63, 3.8) is 0 Å². The van der Waals surface area contributed by atoms with Gasteiger partial charge in [0.2, 0.25) is 0 Å². The summed E-state index contributed by atoms with van der Waals surface area (Å²) in [6, 6.07) is 3.96. The second kappa shape index (κ2) is 3.99. The summed E-state index contributed by atoms with van der Waals surface area (Å²) in [5, 5.41) is 25.0. The number of fused-ring (bicyclic) bond motifs is 1. The van der Waals surface area contributed by atoms with Gasteiger partial charge in [0.1, 0.15) is 5.75 Å². The predicted molar refractivity (Wildman–Crippen MR) is 78.1 cm³/mol. The molecule has 2 fully saturated rings. The lowest BCUT2D eigenvalue weighted by atomic mass is 9.50. The van der Waals surface area contributed by atoms with Gasteiger partial charge in [-0.1, -0.05) is 12.8 Å². The monoisotopic (exact) mass is 273 g/mol. The highest BCUT2D eigenvalue weighted by atomic mass is 16.3. The zero-order chi connectivity index (χ0) is 14.0. The fourth-order valence-corrected chi connectivity index (χ4v) is 5.20. The Morgan fingerprint density at radius 2 is 2.00 bits per heavy atom. The Bertz CT molecular complexity index is 566. The molecule has 1 heterocycles. The molecule has 1 saturated heterocycles. The van der Waals surface area contributed by atoms with Crippen LogP contribution in [-0.2, 0) is 11.8 Å². The highest BCUT2D eigenvalue weighted by Gasteiger charge is 2.61. The van der Waals surface area contributed by atoms with Crippen molar-refractivity contribution < 1.29 is 10.2 Å². The minimum atomic E-state index is -0.628. The number of benzene rings is 1. The Morgan fingerprint density at radius 1 is 1.20 bits per heavy atom. The second-order valence-corrected chi connectivity index (χ2v) is 6.96. The zero-order valence-electron chi connectivity index (χ0n) is 12.1. The highest BCUT2D eigenvalue weighted by Crippen LogP contribution is 2.57. The summed E-state index contributed by atoms with van der Waals surface area (Å²) in [6.07, 6.45) is 6.11. The van der Waals surface area contributed by atoms with Crippen LogP contribution in [0.4, 0.5) is 0 Å². The molecular formula is C17H23NO2. The Hall–Kier alpha value is -1.06. The average molecular weight is 273 g/mol. The van der Waals surface area contributed by atoms with E-state index in [9.17, 15) is 10.2 Å². The molecule has 3 N–H and O–H groups in total. The first-order chi connectivity index (χ1) is 9.57. The van der Waals surface area contributed by atoms with E-state index in [0.717, 1.165) is 38.6 Å². The normalized spacial score (nSPS) is 39.0. The van der Waals surface area contributed by atoms with Crippen LogP contribution in [0.2, 0.25) is 0 Å². The van der Waals surface area contributed by atoms with Gasteiger partial charge in [0.05, 0.1) is 5.60 Å². The molecule has 1 aromatic carbocycles. The van der Waals surface area contributed by atoms with E-state index in [1.54, 1.807) is 0 Å². The highest BCUT2D eigenvalue weighted by molar-refractivity contribution is 5.51. The molecule has 1 aliphatic heterocycles. The fourth-order valence-electron chi connectivity index (χ4n) is 5.20. The summed E-state index contributed by atoms with van der Waals surface area (Å²) in [5.74, 6) is 0.348. The zero-order valence-corrected chi connectivity index (χ0v) is 12.1. The molecule has 3 heteroatoms. The van der Waals surface area contributed by atoms with Crippen molar-refractivity contribution >= 4 is 0 Å². The summed E-state index contributed by atoms with van der Waals surface area (Å²) in [6.45, 7) is 3.05. The number of aromatic hydroxyl groups is 1. The topological polar surface area (TPSA) is 52.5 Å². The van der Waals surface area contributed by atoms with E-state index in [4.69, 9.17) is 0 Å². The Kier molecular flexibility index (Phi) is 2.52. The maximum atomic E-state index is 11.4. The maximum absolute atomic E-state index is 11.4. The molecule has 3 unspecified atom stereocenters. The van der Waals surface area contributed by atoms with Gasteiger partial charge in [0.25, 0.3) is 0 Å². The molecule has 2 bridgehead atoms. The molecule has 20 heavy (non-hydrogen) atoms. The molecule has 0 radical (unpaired) electrons. The van der Waals surface area contributed by atoms with Gasteiger partial charge in [0, 0.05) is 11.5 Å². The summed E-state index contributed by atoms with van der Waals surface area (Å²) in [5.41, 5.74) is 2.98. The Balaban J connectivity index is 2.00. The number of nitrogens with one attached hydrogen (secondary N) is 1. The third-order valence-electron chi connectivity index (χ3n) is 6.14. The molecule has 3 nitrogen and oxygen atoms in total. The van der Waals surface area contributed by atoms with E-state index in [1.165, 1.54) is 23.1 Å². The van der Waals surface area contributed by atoms with Gasteiger partial charge in [-0.25, -0.2) is 0 Å². The van der Waals surface area contributed by atoms with E-state index in [0.29, 0.717) is 5.75 Å². The second-order valence-electron chi connectivity index (χ2n) is 6.96. The van der Waals surface area contributed by atoms with Crippen LogP contribution in [0.3, 0.4) is 0 Å². The van der Waals surface area contributed by atoms with Gasteiger partial charge in [-0.15, -0.1) is 0 Å². The van der Waals surface area contributed by atoms with E-state index in [1.807, 2.05) is 12.1 Å². The van der Waals surface area contributed by atoms with Gasteiger partial charge in [-0.05, 0) is 68.0 Å². The molecule has 2 aliphatic carbocycles. The molecule has 3 atom stereocenters. The third kappa shape index (κ3) is 1.38. The Morgan fingerprint density at radius 3 is 2.85 bits per heavy atom. The van der Waals surface area contributed by atoms with E-state index < -0.39 is 5.60 Å². The van der Waals surface area contributed by atoms with Gasteiger partial charge < -0.3 is 15.5 Å². The molecule has 108 valence electrons. The van der Waals surface area contributed by atoms with Crippen molar-refractivity contribution in [1.29, 1.82) is 0 Å². The molecule has 0 amide bonds. The largest absolute Gasteiger partial charge is 0.508 e. The standard InChI is InChI=1S/C17H23NO2/c1-11-8-12(19)9-14-13(11)10-15-17(20)5-3-2-4-16(14,17)6-7-18-15/h8-9,15,18-20H,2-7,10H2,1H3. The van der Waals surface area contributed by atoms with Gasteiger partial charge in [0.15, 0.2) is 0 Å². The van der Waals surface area contributed by atoms with Crippen molar-refractivity contribution in [2.75, 3.05) is 6.54 Å². The van der Waals surface area contributed by atoms with Gasteiger partial charge in [-0.2, -0.15) is 0 Å². The van der Waals surface area contributed by atoms with Gasteiger partial charge >= 0.3 is 0 Å². The first-order valence-electron chi connectivity index (χ1n) is 7.86. The van der Waals surface area contributed by atoms with Crippen LogP contribution >= 0.6 is 0 Å². The van der Waals surface area contributed by atoms with Crippen LogP contribution in [0.1, 0.15) is 48.8 Å². The molecule has 3 aliphatic rings. The van der Waals surface area contributed by atoms with Gasteiger partial charge in [-0.3, -0.25) is 0 Å². The minimum absolute atomic E-state index is 0.141. The molecule has 0 spiro atoms.